The third-order valence-corrected chi connectivity index (χ3v) is 4.23. The van der Waals surface area contributed by atoms with Gasteiger partial charge in [0.15, 0.2) is 0 Å². The largest absolute Gasteiger partial charge is 0.379 e. The molecule has 134 valence electrons. The summed E-state index contributed by atoms with van der Waals surface area (Å²) in [5.74, 6) is 0.708. The molecule has 0 saturated carbocycles. The number of anilines is 1. The van der Waals surface area contributed by atoms with Crippen molar-refractivity contribution in [3.63, 3.8) is 0 Å². The van der Waals surface area contributed by atoms with Crippen molar-refractivity contribution < 1.29 is 9.53 Å². The van der Waals surface area contributed by atoms with Gasteiger partial charge in [0.1, 0.15) is 5.82 Å². The average molecular weight is 343 g/mol. The molecule has 0 spiro atoms. The molecule has 25 heavy (non-hydrogen) atoms. The second-order valence-electron chi connectivity index (χ2n) is 6.01. The van der Waals surface area contributed by atoms with E-state index >= 15 is 0 Å². The van der Waals surface area contributed by atoms with Crippen LogP contribution in [-0.2, 0) is 17.7 Å². The highest BCUT2D eigenvalue weighted by Gasteiger charge is 2.11. The van der Waals surface area contributed by atoms with Gasteiger partial charge in [-0.2, -0.15) is 5.10 Å². The van der Waals surface area contributed by atoms with E-state index in [-0.39, 0.29) is 6.03 Å². The Morgan fingerprint density at radius 2 is 1.92 bits per heavy atom. The Bertz CT molecular complexity index is 652. The van der Waals surface area contributed by atoms with Crippen molar-refractivity contribution in [3.05, 3.63) is 48.2 Å². The number of carbonyl (C=O) groups excluding carboxylic acids is 1. The molecule has 0 radical (unpaired) electrons. The van der Waals surface area contributed by atoms with Crippen molar-refractivity contribution >= 4 is 11.8 Å². The van der Waals surface area contributed by atoms with E-state index in [9.17, 15) is 4.79 Å². The van der Waals surface area contributed by atoms with E-state index in [2.05, 4.69) is 32.8 Å². The van der Waals surface area contributed by atoms with Gasteiger partial charge in [-0.1, -0.05) is 30.3 Å². The highest BCUT2D eigenvalue weighted by Crippen LogP contribution is 2.08. The molecule has 7 nitrogen and oxygen atoms in total. The quantitative estimate of drug-likeness (QED) is 0.801. The molecule has 1 fully saturated rings. The van der Waals surface area contributed by atoms with E-state index in [0.29, 0.717) is 12.4 Å². The third-order valence-electron chi connectivity index (χ3n) is 4.23. The zero-order chi connectivity index (χ0) is 17.3. The smallest absolute Gasteiger partial charge is 0.320 e. The highest BCUT2D eigenvalue weighted by molar-refractivity contribution is 5.88. The lowest BCUT2D eigenvalue weighted by Crippen LogP contribution is -2.42. The van der Waals surface area contributed by atoms with Gasteiger partial charge in [-0.25, -0.2) is 9.48 Å². The normalized spacial score (nSPS) is 15.0. The van der Waals surface area contributed by atoms with Crippen LogP contribution in [0.5, 0.6) is 0 Å². The average Bonchev–Trinajstić information content (AvgIpc) is 3.09. The summed E-state index contributed by atoms with van der Waals surface area (Å²) in [4.78, 5) is 14.4. The molecule has 0 unspecified atom stereocenters. The lowest BCUT2D eigenvalue weighted by Gasteiger charge is -2.26. The summed E-state index contributed by atoms with van der Waals surface area (Å²) >= 11 is 0. The SMILES string of the molecule is O=C(NCCN1CCOCC1)Nc1ccnn1CCc1ccccc1. The fourth-order valence-electron chi connectivity index (χ4n) is 2.81. The fraction of sp³-hybridized carbons (Fsp3) is 0.444. The molecule has 2 aromatic rings. The van der Waals surface area contributed by atoms with Gasteiger partial charge >= 0.3 is 6.03 Å². The lowest BCUT2D eigenvalue weighted by atomic mass is 10.1. The summed E-state index contributed by atoms with van der Waals surface area (Å²) in [5.41, 5.74) is 1.25. The Morgan fingerprint density at radius 3 is 2.72 bits per heavy atom. The van der Waals surface area contributed by atoms with E-state index in [1.165, 1.54) is 5.56 Å². The first-order chi connectivity index (χ1) is 12.3. The maximum absolute atomic E-state index is 12.1. The highest BCUT2D eigenvalue weighted by atomic mass is 16.5. The van der Waals surface area contributed by atoms with Gasteiger partial charge in [0.25, 0.3) is 0 Å². The monoisotopic (exact) mass is 343 g/mol. The van der Waals surface area contributed by atoms with Crippen LogP contribution < -0.4 is 10.6 Å². The first-order valence-electron chi connectivity index (χ1n) is 8.72. The van der Waals surface area contributed by atoms with Crippen LogP contribution >= 0.6 is 0 Å². The molecule has 7 heteroatoms. The fourth-order valence-corrected chi connectivity index (χ4v) is 2.81. The minimum absolute atomic E-state index is 0.199. The molecule has 1 saturated heterocycles. The van der Waals surface area contributed by atoms with E-state index in [4.69, 9.17) is 4.74 Å². The second kappa shape index (κ2) is 9.19. The number of ether oxygens (including phenoxy) is 1. The van der Waals surface area contributed by atoms with Crippen molar-refractivity contribution in [2.24, 2.45) is 0 Å². The summed E-state index contributed by atoms with van der Waals surface area (Å²) in [6.07, 6.45) is 2.57. The molecule has 1 aliphatic rings. The minimum Gasteiger partial charge on any atom is -0.379 e. The lowest BCUT2D eigenvalue weighted by molar-refractivity contribution is 0.0388. The minimum atomic E-state index is -0.199. The number of aryl methyl sites for hydroxylation is 2. The number of morpholine rings is 1. The molecular weight excluding hydrogens is 318 g/mol. The molecule has 1 aliphatic heterocycles. The molecule has 2 heterocycles. The van der Waals surface area contributed by atoms with Gasteiger partial charge in [-0.15, -0.1) is 0 Å². The summed E-state index contributed by atoms with van der Waals surface area (Å²) in [6, 6.07) is 11.9. The molecule has 0 atom stereocenters. The predicted molar refractivity (Wildman–Crippen MR) is 96.7 cm³/mol. The van der Waals surface area contributed by atoms with E-state index < -0.39 is 0 Å². The number of benzene rings is 1. The van der Waals surface area contributed by atoms with Crippen LogP contribution in [0.15, 0.2) is 42.6 Å². The first-order valence-corrected chi connectivity index (χ1v) is 8.72. The Hall–Kier alpha value is -2.38. The van der Waals surface area contributed by atoms with E-state index in [0.717, 1.165) is 45.8 Å². The Labute approximate surface area is 148 Å². The zero-order valence-corrected chi connectivity index (χ0v) is 14.4. The number of nitrogens with one attached hydrogen (secondary N) is 2. The topological polar surface area (TPSA) is 71.4 Å². The van der Waals surface area contributed by atoms with Crippen LogP contribution in [0.25, 0.3) is 0 Å². The zero-order valence-electron chi connectivity index (χ0n) is 14.4. The Balaban J connectivity index is 1.41. The van der Waals surface area contributed by atoms with E-state index in [1.54, 1.807) is 6.20 Å². The summed E-state index contributed by atoms with van der Waals surface area (Å²) < 4.78 is 7.13. The van der Waals surface area contributed by atoms with Gasteiger partial charge in [-0.3, -0.25) is 10.2 Å². The second-order valence-corrected chi connectivity index (χ2v) is 6.01. The number of rotatable bonds is 7. The van der Waals surface area contributed by atoms with Gasteiger partial charge in [-0.05, 0) is 12.0 Å². The van der Waals surface area contributed by atoms with Gasteiger partial charge in [0.05, 0.1) is 19.4 Å². The Morgan fingerprint density at radius 1 is 1.12 bits per heavy atom. The van der Waals surface area contributed by atoms with E-state index in [1.807, 2.05) is 28.9 Å². The van der Waals surface area contributed by atoms with Crippen molar-refractivity contribution in [2.45, 2.75) is 13.0 Å². The van der Waals surface area contributed by atoms with Gasteiger partial charge in [0.2, 0.25) is 0 Å². The maximum Gasteiger partial charge on any atom is 0.320 e. The summed E-state index contributed by atoms with van der Waals surface area (Å²) in [6.45, 7) is 5.57. The van der Waals surface area contributed by atoms with Crippen molar-refractivity contribution in [1.29, 1.82) is 0 Å². The first kappa shape index (κ1) is 17.4. The molecular formula is C18H25N5O2. The number of urea groups is 1. The van der Waals surface area contributed by atoms with Crippen LogP contribution in [0.1, 0.15) is 5.56 Å². The molecule has 2 N–H and O–H groups in total. The standard InChI is InChI=1S/C18H25N5O2/c24-18(19-9-11-22-12-14-25-15-13-22)21-17-6-8-20-23(17)10-7-16-4-2-1-3-5-16/h1-6,8H,7,9-15H2,(H2,19,21,24). The number of aromatic nitrogens is 2. The predicted octanol–water partition coefficient (Wildman–Crippen LogP) is 1.58. The molecule has 3 rings (SSSR count). The number of nitrogens with zero attached hydrogens (tertiary/aromatic N) is 3. The molecule has 0 aliphatic carbocycles. The van der Waals surface area contributed by atoms with Crippen molar-refractivity contribution in [3.8, 4) is 0 Å². The molecule has 2 amide bonds. The van der Waals surface area contributed by atoms with Crippen LogP contribution in [0.3, 0.4) is 0 Å². The number of carbonyl (C=O) groups is 1. The summed E-state index contributed by atoms with van der Waals surface area (Å²) in [7, 11) is 0. The van der Waals surface area contributed by atoms with Crippen LogP contribution in [-0.4, -0.2) is 60.1 Å². The molecule has 1 aromatic heterocycles. The molecule has 1 aromatic carbocycles. The van der Waals surface area contributed by atoms with Crippen molar-refractivity contribution in [2.75, 3.05) is 44.7 Å². The maximum atomic E-state index is 12.1. The number of hydrogen-bond donors (Lipinski definition) is 2. The van der Waals surface area contributed by atoms with Crippen molar-refractivity contribution in [1.82, 2.24) is 20.0 Å². The molecule has 0 bridgehead atoms. The van der Waals surface area contributed by atoms with Crippen LogP contribution in [0.4, 0.5) is 10.6 Å². The van der Waals surface area contributed by atoms with Gasteiger partial charge < -0.3 is 10.1 Å². The number of hydrogen-bond acceptors (Lipinski definition) is 4. The number of amides is 2. The Kier molecular flexibility index (Phi) is 6.42. The van der Waals surface area contributed by atoms with Crippen LogP contribution in [0, 0.1) is 0 Å². The van der Waals surface area contributed by atoms with Crippen LogP contribution in [0.2, 0.25) is 0 Å². The van der Waals surface area contributed by atoms with Gasteiger partial charge in [0, 0.05) is 38.8 Å². The third kappa shape index (κ3) is 5.58. The summed E-state index contributed by atoms with van der Waals surface area (Å²) in [5, 5.41) is 10.1.